The molecule has 0 aromatic heterocycles. The Morgan fingerprint density at radius 3 is 2.71 bits per heavy atom. The molecule has 1 aliphatic heterocycles. The van der Waals surface area contributed by atoms with Gasteiger partial charge in [-0.15, -0.1) is 11.6 Å². The van der Waals surface area contributed by atoms with Crippen LogP contribution in [0, 0.1) is 5.92 Å². The number of hydrogen-bond donors (Lipinski definition) is 0. The molecule has 2 nitrogen and oxygen atoms in total. The van der Waals surface area contributed by atoms with Crippen molar-refractivity contribution in [1.82, 2.24) is 4.90 Å². The molecule has 0 spiro atoms. The van der Waals surface area contributed by atoms with E-state index in [0.717, 1.165) is 0 Å². The van der Waals surface area contributed by atoms with Gasteiger partial charge in [0.25, 0.3) is 0 Å². The fourth-order valence-electron chi connectivity index (χ4n) is 1.67. The van der Waals surface area contributed by atoms with E-state index in [9.17, 15) is 13.6 Å². The molecular weight excluding hydrogens is 212 g/mol. The Kier molecular flexibility index (Phi) is 4.11. The number of rotatable bonds is 2. The van der Waals surface area contributed by atoms with E-state index in [4.69, 9.17) is 11.6 Å². The van der Waals surface area contributed by atoms with Crippen molar-refractivity contribution in [2.75, 3.05) is 13.1 Å². The van der Waals surface area contributed by atoms with Crippen LogP contribution in [0.15, 0.2) is 0 Å². The van der Waals surface area contributed by atoms with Crippen LogP contribution < -0.4 is 0 Å². The maximum Gasteiger partial charge on any atom is 0.243 e. The summed E-state index contributed by atoms with van der Waals surface area (Å²) in [5.41, 5.74) is 0. The maximum atomic E-state index is 12.4. The van der Waals surface area contributed by atoms with Crippen LogP contribution in [0.25, 0.3) is 0 Å². The summed E-state index contributed by atoms with van der Waals surface area (Å²) >= 11 is 5.61. The monoisotopic (exact) mass is 225 g/mol. The maximum absolute atomic E-state index is 12.4. The number of amides is 1. The van der Waals surface area contributed by atoms with Crippen LogP contribution in [0.3, 0.4) is 0 Å². The molecule has 0 bridgehead atoms. The first-order valence-corrected chi connectivity index (χ1v) is 5.17. The van der Waals surface area contributed by atoms with Crippen LogP contribution in [0.2, 0.25) is 0 Å². The minimum absolute atomic E-state index is 0.146. The number of carbonyl (C=O) groups is 1. The molecule has 5 heteroatoms. The van der Waals surface area contributed by atoms with Gasteiger partial charge < -0.3 is 4.90 Å². The lowest BCUT2D eigenvalue weighted by Crippen LogP contribution is -2.44. The van der Waals surface area contributed by atoms with E-state index in [-0.39, 0.29) is 12.5 Å². The first-order valence-electron chi connectivity index (χ1n) is 4.73. The average molecular weight is 226 g/mol. The number of alkyl halides is 3. The molecule has 1 fully saturated rings. The summed E-state index contributed by atoms with van der Waals surface area (Å²) in [6.45, 7) is 2.27. The molecule has 1 heterocycles. The zero-order valence-corrected chi connectivity index (χ0v) is 8.81. The summed E-state index contributed by atoms with van der Waals surface area (Å²) < 4.78 is 24.8. The number of halogens is 3. The Hall–Kier alpha value is -0.380. The molecule has 0 unspecified atom stereocenters. The Bertz CT molecular complexity index is 211. The molecule has 14 heavy (non-hydrogen) atoms. The second kappa shape index (κ2) is 4.91. The number of hydrogen-bond acceptors (Lipinski definition) is 1. The lowest BCUT2D eigenvalue weighted by atomic mass is 9.98. The van der Waals surface area contributed by atoms with Gasteiger partial charge in [0.05, 0.1) is 0 Å². The van der Waals surface area contributed by atoms with Crippen molar-refractivity contribution >= 4 is 17.5 Å². The lowest BCUT2D eigenvalue weighted by Gasteiger charge is -2.32. The van der Waals surface area contributed by atoms with E-state index < -0.39 is 17.7 Å². The van der Waals surface area contributed by atoms with Crippen LogP contribution in [0.4, 0.5) is 8.78 Å². The van der Waals surface area contributed by atoms with Crippen LogP contribution in [-0.2, 0) is 4.79 Å². The number of piperidine rings is 1. The highest BCUT2D eigenvalue weighted by Crippen LogP contribution is 2.23. The minimum atomic E-state index is -2.34. The number of likely N-dealkylation sites (tertiary alicyclic amines) is 1. The van der Waals surface area contributed by atoms with E-state index in [0.29, 0.717) is 19.4 Å². The van der Waals surface area contributed by atoms with E-state index >= 15 is 0 Å². The van der Waals surface area contributed by atoms with E-state index in [2.05, 4.69) is 0 Å². The second-order valence-electron chi connectivity index (χ2n) is 3.64. The van der Waals surface area contributed by atoms with Crippen LogP contribution in [0.1, 0.15) is 19.8 Å². The normalized spacial score (nSPS) is 25.2. The summed E-state index contributed by atoms with van der Waals surface area (Å²) in [6.07, 6.45) is -1.20. The topological polar surface area (TPSA) is 20.3 Å². The Morgan fingerprint density at radius 2 is 2.21 bits per heavy atom. The molecule has 0 aromatic rings. The van der Waals surface area contributed by atoms with Crippen molar-refractivity contribution in [3.05, 3.63) is 0 Å². The molecule has 0 N–H and O–H groups in total. The van der Waals surface area contributed by atoms with Crippen LogP contribution >= 0.6 is 11.6 Å². The quantitative estimate of drug-likeness (QED) is 0.660. The smallest absolute Gasteiger partial charge is 0.243 e. The third-order valence-electron chi connectivity index (χ3n) is 2.47. The predicted octanol–water partition coefficient (Wildman–Crippen LogP) is 2.12. The Labute approximate surface area is 87.2 Å². The zero-order valence-electron chi connectivity index (χ0n) is 8.05. The van der Waals surface area contributed by atoms with Gasteiger partial charge in [0, 0.05) is 19.0 Å². The van der Waals surface area contributed by atoms with Gasteiger partial charge in [-0.2, -0.15) is 0 Å². The standard InChI is InChI=1S/C9H14ClF2NO/c1-6(10)9(14)13-4-2-3-7(5-13)8(11)12/h6-8H,2-5H2,1H3/t6-,7+/m1/s1. The molecular formula is C9H14ClF2NO. The average Bonchev–Trinajstić information content (AvgIpc) is 2.16. The highest BCUT2D eigenvalue weighted by Gasteiger charge is 2.30. The third-order valence-corrected chi connectivity index (χ3v) is 2.65. The summed E-state index contributed by atoms with van der Waals surface area (Å²) in [7, 11) is 0. The summed E-state index contributed by atoms with van der Waals surface area (Å²) in [6, 6.07) is 0. The van der Waals surface area contributed by atoms with Crippen molar-refractivity contribution in [3.63, 3.8) is 0 Å². The predicted molar refractivity (Wildman–Crippen MR) is 50.6 cm³/mol. The molecule has 2 atom stereocenters. The highest BCUT2D eigenvalue weighted by molar-refractivity contribution is 6.30. The zero-order chi connectivity index (χ0) is 10.7. The Morgan fingerprint density at radius 1 is 1.57 bits per heavy atom. The number of nitrogens with zero attached hydrogens (tertiary/aromatic N) is 1. The summed E-state index contributed by atoms with van der Waals surface area (Å²) in [5.74, 6) is -0.917. The summed E-state index contributed by atoms with van der Waals surface area (Å²) in [5, 5.41) is -0.619. The van der Waals surface area contributed by atoms with Crippen LogP contribution in [0.5, 0.6) is 0 Å². The van der Waals surface area contributed by atoms with E-state index in [1.807, 2.05) is 0 Å². The van der Waals surface area contributed by atoms with Gasteiger partial charge >= 0.3 is 0 Å². The van der Waals surface area contributed by atoms with Crippen molar-refractivity contribution in [1.29, 1.82) is 0 Å². The molecule has 1 rings (SSSR count). The van der Waals surface area contributed by atoms with E-state index in [1.165, 1.54) is 4.90 Å². The van der Waals surface area contributed by atoms with E-state index in [1.54, 1.807) is 6.92 Å². The largest absolute Gasteiger partial charge is 0.341 e. The SMILES string of the molecule is C[C@@H](Cl)C(=O)N1CCC[C@H](C(F)F)C1. The summed E-state index contributed by atoms with van der Waals surface area (Å²) in [4.78, 5) is 12.9. The second-order valence-corrected chi connectivity index (χ2v) is 4.29. The molecule has 0 aliphatic carbocycles. The molecule has 1 aliphatic rings. The highest BCUT2D eigenvalue weighted by atomic mass is 35.5. The van der Waals surface area contributed by atoms with Gasteiger partial charge in [0.1, 0.15) is 5.38 Å². The number of carbonyl (C=O) groups excluding carboxylic acids is 1. The van der Waals surface area contributed by atoms with Crippen molar-refractivity contribution in [3.8, 4) is 0 Å². The molecule has 0 radical (unpaired) electrons. The fraction of sp³-hybridized carbons (Fsp3) is 0.889. The van der Waals surface area contributed by atoms with Crippen LogP contribution in [-0.4, -0.2) is 35.7 Å². The van der Waals surface area contributed by atoms with Gasteiger partial charge in [0.15, 0.2) is 0 Å². The molecule has 82 valence electrons. The first kappa shape index (κ1) is 11.7. The molecule has 1 saturated heterocycles. The van der Waals surface area contributed by atoms with Gasteiger partial charge in [-0.3, -0.25) is 4.79 Å². The van der Waals surface area contributed by atoms with Gasteiger partial charge in [-0.05, 0) is 19.8 Å². The molecule has 1 amide bonds. The van der Waals surface area contributed by atoms with Crippen molar-refractivity contribution in [2.45, 2.75) is 31.6 Å². The molecule has 0 aromatic carbocycles. The lowest BCUT2D eigenvalue weighted by molar-refractivity contribution is -0.133. The minimum Gasteiger partial charge on any atom is -0.341 e. The molecule has 0 saturated carbocycles. The third kappa shape index (κ3) is 2.80. The first-order chi connectivity index (χ1) is 6.52. The fourth-order valence-corrected chi connectivity index (χ4v) is 1.81. The van der Waals surface area contributed by atoms with Crippen molar-refractivity contribution < 1.29 is 13.6 Å². The van der Waals surface area contributed by atoms with Gasteiger partial charge in [0.2, 0.25) is 12.3 Å². The van der Waals surface area contributed by atoms with Gasteiger partial charge in [-0.25, -0.2) is 8.78 Å². The Balaban J connectivity index is 2.51. The van der Waals surface area contributed by atoms with Gasteiger partial charge in [-0.1, -0.05) is 0 Å². The van der Waals surface area contributed by atoms with Crippen molar-refractivity contribution in [2.24, 2.45) is 5.92 Å².